The van der Waals surface area contributed by atoms with Crippen molar-refractivity contribution in [2.24, 2.45) is 5.41 Å². The number of hydrogen-bond donors (Lipinski definition) is 1. The summed E-state index contributed by atoms with van der Waals surface area (Å²) >= 11 is 0. The molecule has 0 aliphatic heterocycles. The van der Waals surface area contributed by atoms with Crippen LogP contribution in [0.1, 0.15) is 33.3 Å². The molecule has 0 spiro atoms. The van der Waals surface area contributed by atoms with Gasteiger partial charge >= 0.3 is 0 Å². The molecule has 2 aromatic carbocycles. The van der Waals surface area contributed by atoms with Crippen LogP contribution in [0.25, 0.3) is 0 Å². The zero-order valence-corrected chi connectivity index (χ0v) is 16.7. The normalized spacial score (nSPS) is 11.0. The topological polar surface area (TPSA) is 58.6 Å². The molecule has 0 fully saturated rings. The Bertz CT molecular complexity index is 797. The Morgan fingerprint density at radius 3 is 2.30 bits per heavy atom. The van der Waals surface area contributed by atoms with E-state index in [1.807, 2.05) is 45.0 Å². The number of anilines is 2. The molecule has 0 aliphatic carbocycles. The van der Waals surface area contributed by atoms with Crippen molar-refractivity contribution in [3.63, 3.8) is 0 Å². The third kappa shape index (κ3) is 4.88. The summed E-state index contributed by atoms with van der Waals surface area (Å²) in [5.41, 5.74) is 1.28. The van der Waals surface area contributed by atoms with Crippen LogP contribution in [-0.4, -0.2) is 25.0 Å². The van der Waals surface area contributed by atoms with Crippen LogP contribution in [-0.2, 0) is 9.59 Å². The summed E-state index contributed by atoms with van der Waals surface area (Å²) in [5, 5.41) is 2.83. The molecule has 5 nitrogen and oxygen atoms in total. The van der Waals surface area contributed by atoms with Gasteiger partial charge in [-0.1, -0.05) is 12.1 Å². The number of aryl methyl sites for hydroxylation is 1. The van der Waals surface area contributed by atoms with Crippen molar-refractivity contribution in [3.05, 3.63) is 54.1 Å². The van der Waals surface area contributed by atoms with Crippen LogP contribution in [0, 0.1) is 12.3 Å². The third-order valence-corrected chi connectivity index (χ3v) is 4.40. The molecule has 0 saturated heterocycles. The fourth-order valence-electron chi connectivity index (χ4n) is 2.76. The number of benzene rings is 2. The van der Waals surface area contributed by atoms with Gasteiger partial charge in [0.05, 0.1) is 6.61 Å². The second-order valence-electron chi connectivity index (χ2n) is 6.92. The summed E-state index contributed by atoms with van der Waals surface area (Å²) < 4.78 is 5.40. The maximum Gasteiger partial charge on any atom is 0.242 e. The van der Waals surface area contributed by atoms with Gasteiger partial charge < -0.3 is 15.0 Å². The van der Waals surface area contributed by atoms with E-state index in [0.717, 1.165) is 17.0 Å². The molecule has 0 saturated carbocycles. The number of ether oxygens (including phenoxy) is 1. The van der Waals surface area contributed by atoms with E-state index in [0.29, 0.717) is 18.8 Å². The molecule has 5 heteroatoms. The SMILES string of the molecule is CCOc1ccc(NC(=O)C(C)(C)C(=O)N(CC)c2cccc(C)c2)cc1. The van der Waals surface area contributed by atoms with Gasteiger partial charge in [-0.05, 0) is 76.6 Å². The van der Waals surface area contributed by atoms with Crippen molar-refractivity contribution in [1.29, 1.82) is 0 Å². The van der Waals surface area contributed by atoms with E-state index in [1.54, 1.807) is 43.0 Å². The van der Waals surface area contributed by atoms with Gasteiger partial charge in [-0.2, -0.15) is 0 Å². The molecule has 144 valence electrons. The van der Waals surface area contributed by atoms with Gasteiger partial charge in [0.15, 0.2) is 0 Å². The number of carbonyl (C=O) groups excluding carboxylic acids is 2. The summed E-state index contributed by atoms with van der Waals surface area (Å²) in [6.45, 7) is 10.2. The maximum absolute atomic E-state index is 13.1. The minimum Gasteiger partial charge on any atom is -0.494 e. The average molecular weight is 368 g/mol. The fraction of sp³-hybridized carbons (Fsp3) is 0.364. The van der Waals surface area contributed by atoms with Gasteiger partial charge in [0.1, 0.15) is 11.2 Å². The molecule has 0 radical (unpaired) electrons. The first kappa shape index (κ1) is 20.5. The molecule has 2 rings (SSSR count). The number of nitrogens with one attached hydrogen (secondary N) is 1. The molecule has 27 heavy (non-hydrogen) atoms. The Morgan fingerprint density at radius 2 is 1.74 bits per heavy atom. The van der Waals surface area contributed by atoms with Gasteiger partial charge in [-0.15, -0.1) is 0 Å². The van der Waals surface area contributed by atoms with Gasteiger partial charge in [-0.25, -0.2) is 0 Å². The quantitative estimate of drug-likeness (QED) is 0.737. The highest BCUT2D eigenvalue weighted by molar-refractivity contribution is 6.14. The summed E-state index contributed by atoms with van der Waals surface area (Å²) in [6.07, 6.45) is 0. The van der Waals surface area contributed by atoms with Crippen molar-refractivity contribution in [3.8, 4) is 5.75 Å². The Hall–Kier alpha value is -2.82. The number of amides is 2. The molecule has 1 N–H and O–H groups in total. The maximum atomic E-state index is 13.1. The second kappa shape index (κ2) is 8.71. The molecule has 2 aromatic rings. The number of nitrogens with zero attached hydrogens (tertiary/aromatic N) is 1. The van der Waals surface area contributed by atoms with Crippen LogP contribution >= 0.6 is 0 Å². The monoisotopic (exact) mass is 368 g/mol. The van der Waals surface area contributed by atoms with Crippen molar-refractivity contribution < 1.29 is 14.3 Å². The van der Waals surface area contributed by atoms with Crippen LogP contribution < -0.4 is 15.0 Å². The van der Waals surface area contributed by atoms with Crippen LogP contribution in [0.15, 0.2) is 48.5 Å². The predicted octanol–water partition coefficient (Wildman–Crippen LogP) is 4.41. The molecule has 0 aromatic heterocycles. The van der Waals surface area contributed by atoms with E-state index in [9.17, 15) is 9.59 Å². The summed E-state index contributed by atoms with van der Waals surface area (Å²) in [4.78, 5) is 27.6. The first-order valence-corrected chi connectivity index (χ1v) is 9.22. The Morgan fingerprint density at radius 1 is 1.07 bits per heavy atom. The van der Waals surface area contributed by atoms with Gasteiger partial charge in [0.25, 0.3) is 0 Å². The molecule has 0 bridgehead atoms. The number of rotatable bonds is 7. The van der Waals surface area contributed by atoms with E-state index in [4.69, 9.17) is 4.74 Å². The molecule has 2 amide bonds. The highest BCUT2D eigenvalue weighted by Gasteiger charge is 2.39. The summed E-state index contributed by atoms with van der Waals surface area (Å²) in [5.74, 6) is 0.157. The molecule has 0 aliphatic rings. The average Bonchev–Trinajstić information content (AvgIpc) is 2.64. The van der Waals surface area contributed by atoms with Crippen molar-refractivity contribution in [2.45, 2.75) is 34.6 Å². The minimum absolute atomic E-state index is 0.237. The van der Waals surface area contributed by atoms with E-state index in [2.05, 4.69) is 5.32 Å². The van der Waals surface area contributed by atoms with Crippen LogP contribution in [0.5, 0.6) is 5.75 Å². The fourth-order valence-corrected chi connectivity index (χ4v) is 2.76. The highest BCUT2D eigenvalue weighted by atomic mass is 16.5. The predicted molar refractivity (Wildman–Crippen MR) is 109 cm³/mol. The zero-order valence-electron chi connectivity index (χ0n) is 16.7. The minimum atomic E-state index is -1.21. The highest BCUT2D eigenvalue weighted by Crippen LogP contribution is 2.26. The Balaban J connectivity index is 2.16. The zero-order chi connectivity index (χ0) is 20.0. The number of carbonyl (C=O) groups is 2. The lowest BCUT2D eigenvalue weighted by Gasteiger charge is -2.30. The molecule has 0 unspecified atom stereocenters. The second-order valence-corrected chi connectivity index (χ2v) is 6.92. The molecular weight excluding hydrogens is 340 g/mol. The van der Waals surface area contributed by atoms with Crippen LogP contribution in [0.3, 0.4) is 0 Å². The standard InChI is InChI=1S/C22H28N2O3/c1-6-24(18-10-8-9-16(3)15-18)21(26)22(4,5)20(25)23-17-11-13-19(14-12-17)27-7-2/h8-15H,6-7H2,1-5H3,(H,23,25). The van der Waals surface area contributed by atoms with Gasteiger partial charge in [0, 0.05) is 17.9 Å². The molecular formula is C22H28N2O3. The lowest BCUT2D eigenvalue weighted by Crippen LogP contribution is -2.47. The smallest absolute Gasteiger partial charge is 0.242 e. The first-order chi connectivity index (χ1) is 12.8. The molecule has 0 atom stereocenters. The van der Waals surface area contributed by atoms with E-state index in [1.165, 1.54) is 0 Å². The van der Waals surface area contributed by atoms with E-state index in [-0.39, 0.29) is 11.8 Å². The van der Waals surface area contributed by atoms with Gasteiger partial charge in [-0.3, -0.25) is 9.59 Å². The van der Waals surface area contributed by atoms with Gasteiger partial charge in [0.2, 0.25) is 11.8 Å². The van der Waals surface area contributed by atoms with Crippen molar-refractivity contribution >= 4 is 23.2 Å². The largest absolute Gasteiger partial charge is 0.494 e. The lowest BCUT2D eigenvalue weighted by molar-refractivity contribution is -0.136. The van der Waals surface area contributed by atoms with Crippen LogP contribution in [0.2, 0.25) is 0 Å². The summed E-state index contributed by atoms with van der Waals surface area (Å²) in [7, 11) is 0. The van der Waals surface area contributed by atoms with E-state index < -0.39 is 5.41 Å². The van der Waals surface area contributed by atoms with Crippen molar-refractivity contribution in [1.82, 2.24) is 0 Å². The number of hydrogen-bond acceptors (Lipinski definition) is 3. The van der Waals surface area contributed by atoms with Crippen molar-refractivity contribution in [2.75, 3.05) is 23.4 Å². The van der Waals surface area contributed by atoms with Crippen LogP contribution in [0.4, 0.5) is 11.4 Å². The molecule has 0 heterocycles. The van der Waals surface area contributed by atoms with E-state index >= 15 is 0 Å². The first-order valence-electron chi connectivity index (χ1n) is 9.22. The Labute approximate surface area is 161 Å². The lowest BCUT2D eigenvalue weighted by atomic mass is 9.89. The Kier molecular flexibility index (Phi) is 6.61. The summed E-state index contributed by atoms with van der Waals surface area (Å²) in [6, 6.07) is 14.8. The third-order valence-electron chi connectivity index (χ3n) is 4.40.